The van der Waals surface area contributed by atoms with Crippen LogP contribution in [0.5, 0.6) is 11.5 Å². The Bertz CT molecular complexity index is 589. The predicted molar refractivity (Wildman–Crippen MR) is 82.7 cm³/mol. The van der Waals surface area contributed by atoms with E-state index in [4.69, 9.17) is 14.2 Å². The van der Waals surface area contributed by atoms with Gasteiger partial charge in [0.05, 0.1) is 7.11 Å². The number of ether oxygens (including phenoxy) is 4. The zero-order valence-electron chi connectivity index (χ0n) is 14.2. The van der Waals surface area contributed by atoms with Crippen molar-refractivity contribution >= 4 is 6.16 Å². The molecule has 0 fully saturated rings. The molecule has 0 atom stereocenters. The molecule has 1 aliphatic heterocycles. The van der Waals surface area contributed by atoms with E-state index in [1.165, 1.54) is 12.7 Å². The van der Waals surface area contributed by atoms with E-state index < -0.39 is 6.16 Å². The van der Waals surface area contributed by atoms with E-state index in [1.54, 1.807) is 0 Å². The van der Waals surface area contributed by atoms with Crippen molar-refractivity contribution < 1.29 is 23.7 Å². The third kappa shape index (κ3) is 3.13. The molecule has 1 heterocycles. The minimum absolute atomic E-state index is 0.146. The summed E-state index contributed by atoms with van der Waals surface area (Å²) in [6.45, 7) is 10.1. The molecule has 0 amide bonds. The summed E-state index contributed by atoms with van der Waals surface area (Å²) in [5.41, 5.74) is 4.15. The fourth-order valence-electron chi connectivity index (χ4n) is 2.76. The Labute approximate surface area is 131 Å². The number of fused-ring (bicyclic) bond motifs is 1. The van der Waals surface area contributed by atoms with Crippen LogP contribution < -0.4 is 9.47 Å². The van der Waals surface area contributed by atoms with Crippen LogP contribution in [0.25, 0.3) is 0 Å². The first kappa shape index (κ1) is 16.5. The third-order valence-electron chi connectivity index (χ3n) is 4.21. The van der Waals surface area contributed by atoms with Gasteiger partial charge in [-0.3, -0.25) is 0 Å². The molecule has 0 saturated carbocycles. The first-order valence-electron chi connectivity index (χ1n) is 7.42. The molecule has 0 aliphatic carbocycles. The van der Waals surface area contributed by atoms with Gasteiger partial charge < -0.3 is 18.9 Å². The van der Waals surface area contributed by atoms with Crippen LogP contribution in [0.4, 0.5) is 4.79 Å². The number of methoxy groups -OCH3 is 1. The number of carbonyl (C=O) groups excluding carboxylic acids is 1. The fraction of sp³-hybridized carbons (Fsp3) is 0.588. The Morgan fingerprint density at radius 3 is 2.50 bits per heavy atom. The maximum Gasteiger partial charge on any atom is 0.510 e. The topological polar surface area (TPSA) is 54.0 Å². The zero-order valence-corrected chi connectivity index (χ0v) is 14.2. The average Bonchev–Trinajstić information content (AvgIpc) is 2.47. The lowest BCUT2D eigenvalue weighted by atomic mass is 9.88. The molecule has 1 aromatic carbocycles. The Balaban J connectivity index is 2.30. The largest absolute Gasteiger partial charge is 0.510 e. The number of hydrogen-bond acceptors (Lipinski definition) is 5. The quantitative estimate of drug-likeness (QED) is 0.627. The summed E-state index contributed by atoms with van der Waals surface area (Å²) in [6, 6.07) is 0. The summed E-state index contributed by atoms with van der Waals surface area (Å²) in [5.74, 6) is 1.72. The molecule has 0 unspecified atom stereocenters. The van der Waals surface area contributed by atoms with E-state index in [0.29, 0.717) is 0 Å². The molecule has 2 rings (SSSR count). The van der Waals surface area contributed by atoms with Gasteiger partial charge >= 0.3 is 6.16 Å². The van der Waals surface area contributed by atoms with Crippen molar-refractivity contribution in [3.8, 4) is 11.5 Å². The van der Waals surface area contributed by atoms with Crippen LogP contribution in [0.3, 0.4) is 0 Å². The Kier molecular flexibility index (Phi) is 4.54. The van der Waals surface area contributed by atoms with Gasteiger partial charge in [0.2, 0.25) is 6.79 Å². The van der Waals surface area contributed by atoms with Crippen molar-refractivity contribution in [1.82, 2.24) is 0 Å². The standard InChI is InChI=1S/C17H24O5/c1-10-11(2)15-13(7-8-17(4,5)22-15)12(3)14(10)20-9-21-16(18)19-6/h7-9H2,1-6H3. The van der Waals surface area contributed by atoms with Gasteiger partial charge in [-0.2, -0.15) is 0 Å². The van der Waals surface area contributed by atoms with Crippen molar-refractivity contribution in [1.29, 1.82) is 0 Å². The van der Waals surface area contributed by atoms with Crippen LogP contribution in [0.2, 0.25) is 0 Å². The summed E-state index contributed by atoms with van der Waals surface area (Å²) in [4.78, 5) is 11.0. The molecular formula is C17H24O5. The highest BCUT2D eigenvalue weighted by Crippen LogP contribution is 2.43. The van der Waals surface area contributed by atoms with Crippen LogP contribution >= 0.6 is 0 Å². The van der Waals surface area contributed by atoms with Crippen molar-refractivity contribution in [3.63, 3.8) is 0 Å². The molecule has 0 N–H and O–H groups in total. The van der Waals surface area contributed by atoms with E-state index in [2.05, 4.69) is 18.6 Å². The lowest BCUT2D eigenvalue weighted by molar-refractivity contribution is 0.0141. The molecular weight excluding hydrogens is 284 g/mol. The molecule has 0 saturated heterocycles. The van der Waals surface area contributed by atoms with Crippen LogP contribution in [0.1, 0.15) is 42.5 Å². The summed E-state index contributed by atoms with van der Waals surface area (Å²) in [7, 11) is 1.26. The van der Waals surface area contributed by atoms with E-state index in [1.807, 2.05) is 20.8 Å². The predicted octanol–water partition coefficient (Wildman–Crippen LogP) is 3.83. The minimum Gasteiger partial charge on any atom is -0.487 e. The molecule has 0 aromatic heterocycles. The van der Waals surface area contributed by atoms with E-state index >= 15 is 0 Å². The Morgan fingerprint density at radius 1 is 1.18 bits per heavy atom. The van der Waals surface area contributed by atoms with Crippen LogP contribution in [-0.2, 0) is 15.9 Å². The molecule has 5 nitrogen and oxygen atoms in total. The Hall–Kier alpha value is -1.91. The molecule has 1 aromatic rings. The van der Waals surface area contributed by atoms with Crippen molar-refractivity contribution in [2.75, 3.05) is 13.9 Å². The SMILES string of the molecule is COC(=O)OCOc1c(C)c(C)c2c(c1C)CCC(C)(C)O2. The van der Waals surface area contributed by atoms with Crippen LogP contribution in [0, 0.1) is 20.8 Å². The van der Waals surface area contributed by atoms with Crippen molar-refractivity contribution in [2.45, 2.75) is 53.1 Å². The average molecular weight is 308 g/mol. The van der Waals surface area contributed by atoms with Gasteiger partial charge in [-0.25, -0.2) is 4.79 Å². The normalized spacial score (nSPS) is 15.5. The highest BCUT2D eigenvalue weighted by Gasteiger charge is 2.31. The van der Waals surface area contributed by atoms with Gasteiger partial charge in [0.15, 0.2) is 0 Å². The summed E-state index contributed by atoms with van der Waals surface area (Å²) in [5, 5.41) is 0. The zero-order chi connectivity index (χ0) is 16.5. The maximum atomic E-state index is 11.0. The van der Waals surface area contributed by atoms with Crippen LogP contribution in [-0.4, -0.2) is 25.7 Å². The summed E-state index contributed by atoms with van der Waals surface area (Å²) in [6.07, 6.45) is 1.15. The second kappa shape index (κ2) is 6.07. The van der Waals surface area contributed by atoms with Crippen LogP contribution in [0.15, 0.2) is 0 Å². The van der Waals surface area contributed by atoms with E-state index in [-0.39, 0.29) is 12.4 Å². The van der Waals surface area contributed by atoms with Gasteiger partial charge in [0.25, 0.3) is 0 Å². The lowest BCUT2D eigenvalue weighted by Gasteiger charge is -2.35. The van der Waals surface area contributed by atoms with Gasteiger partial charge in [-0.15, -0.1) is 0 Å². The summed E-state index contributed by atoms with van der Waals surface area (Å²) >= 11 is 0. The van der Waals surface area contributed by atoms with Gasteiger partial charge in [0, 0.05) is 5.56 Å². The molecule has 22 heavy (non-hydrogen) atoms. The lowest BCUT2D eigenvalue weighted by Crippen LogP contribution is -2.33. The first-order valence-corrected chi connectivity index (χ1v) is 7.42. The highest BCUT2D eigenvalue weighted by atomic mass is 16.8. The summed E-state index contributed by atoms with van der Waals surface area (Å²) < 4.78 is 21.1. The number of rotatable bonds is 3. The second-order valence-electron chi connectivity index (χ2n) is 6.23. The monoisotopic (exact) mass is 308 g/mol. The number of hydrogen-bond donors (Lipinski definition) is 0. The maximum absolute atomic E-state index is 11.0. The number of carbonyl (C=O) groups is 1. The third-order valence-corrected chi connectivity index (χ3v) is 4.21. The molecule has 0 spiro atoms. The molecule has 1 aliphatic rings. The van der Waals surface area contributed by atoms with Gasteiger partial charge in [0.1, 0.15) is 17.1 Å². The Morgan fingerprint density at radius 2 is 1.86 bits per heavy atom. The highest BCUT2D eigenvalue weighted by molar-refractivity contribution is 5.60. The van der Waals surface area contributed by atoms with Gasteiger partial charge in [-0.05, 0) is 64.2 Å². The minimum atomic E-state index is -0.755. The fourth-order valence-corrected chi connectivity index (χ4v) is 2.76. The van der Waals surface area contributed by atoms with Crippen molar-refractivity contribution in [3.05, 3.63) is 22.3 Å². The molecule has 0 bridgehead atoms. The smallest absolute Gasteiger partial charge is 0.487 e. The number of benzene rings is 1. The van der Waals surface area contributed by atoms with E-state index in [0.717, 1.165) is 41.0 Å². The van der Waals surface area contributed by atoms with Gasteiger partial charge in [-0.1, -0.05) is 0 Å². The molecule has 122 valence electrons. The molecule has 5 heteroatoms. The van der Waals surface area contributed by atoms with Crippen molar-refractivity contribution in [2.24, 2.45) is 0 Å². The second-order valence-corrected chi connectivity index (χ2v) is 6.23. The van der Waals surface area contributed by atoms with E-state index in [9.17, 15) is 4.79 Å². The first-order chi connectivity index (χ1) is 10.3. The molecule has 0 radical (unpaired) electrons.